The van der Waals surface area contributed by atoms with Crippen LogP contribution in [0.4, 0.5) is 10.5 Å². The first-order chi connectivity index (χ1) is 16.9. The van der Waals surface area contributed by atoms with E-state index in [1.807, 2.05) is 11.8 Å². The summed E-state index contributed by atoms with van der Waals surface area (Å²) >= 11 is 1.87. The summed E-state index contributed by atoms with van der Waals surface area (Å²) in [6.45, 7) is 0.477. The van der Waals surface area contributed by atoms with E-state index in [4.69, 9.17) is 0 Å². The van der Waals surface area contributed by atoms with Gasteiger partial charge in [-0.15, -0.1) is 0 Å². The summed E-state index contributed by atoms with van der Waals surface area (Å²) < 4.78 is 0. The Morgan fingerprint density at radius 2 is 1.89 bits per heavy atom. The fourth-order valence-electron chi connectivity index (χ4n) is 4.35. The van der Waals surface area contributed by atoms with E-state index in [1.165, 1.54) is 0 Å². The first-order valence-electron chi connectivity index (χ1n) is 12.1. The molecule has 35 heavy (non-hydrogen) atoms. The Kier molecular flexibility index (Phi) is 10.1. The smallest absolute Gasteiger partial charge is 0.326 e. The lowest BCUT2D eigenvalue weighted by Crippen LogP contribution is -2.40. The average Bonchev–Trinajstić information content (AvgIpc) is 3.39. The summed E-state index contributed by atoms with van der Waals surface area (Å²) in [4.78, 5) is 47.4. The third-order valence-corrected chi connectivity index (χ3v) is 7.87. The van der Waals surface area contributed by atoms with Crippen molar-refractivity contribution in [1.29, 1.82) is 0 Å². The molecule has 2 unspecified atom stereocenters. The van der Waals surface area contributed by atoms with Crippen LogP contribution in [0.25, 0.3) is 0 Å². The van der Waals surface area contributed by atoms with Crippen LogP contribution in [0.5, 0.6) is 0 Å². The van der Waals surface area contributed by atoms with Crippen molar-refractivity contribution >= 4 is 41.3 Å². The molecule has 11 heteroatoms. The molecule has 0 aliphatic carbocycles. The minimum absolute atomic E-state index is 0.00843. The maximum atomic E-state index is 12.3. The number of aliphatic carboxylic acids is 1. The zero-order valence-electron chi connectivity index (χ0n) is 20.0. The molecule has 2 aliphatic rings. The number of thioether (sulfide) groups is 1. The molecule has 2 fully saturated rings. The third-order valence-electron chi connectivity index (χ3n) is 6.36. The molecule has 6 N–H and O–H groups in total. The largest absolute Gasteiger partial charge is 0.480 e. The van der Waals surface area contributed by atoms with E-state index in [0.717, 1.165) is 30.7 Å². The van der Waals surface area contributed by atoms with Crippen LogP contribution in [0.1, 0.15) is 55.3 Å². The first-order valence-corrected chi connectivity index (χ1v) is 13.2. The lowest BCUT2D eigenvalue weighted by atomic mass is 10.0. The summed E-state index contributed by atoms with van der Waals surface area (Å²) in [6.07, 6.45) is 4.65. The lowest BCUT2D eigenvalue weighted by Gasteiger charge is -2.16. The van der Waals surface area contributed by atoms with Gasteiger partial charge < -0.3 is 31.7 Å². The highest BCUT2D eigenvalue weighted by Gasteiger charge is 2.42. The molecule has 2 aliphatic heterocycles. The Bertz CT molecular complexity index is 897. The van der Waals surface area contributed by atoms with Crippen LogP contribution < -0.4 is 26.6 Å². The summed E-state index contributed by atoms with van der Waals surface area (Å²) in [5, 5.41) is 24.2. The molecule has 0 spiro atoms. The monoisotopic (exact) mass is 505 g/mol. The molecular formula is C24H35N5O5S. The van der Waals surface area contributed by atoms with Gasteiger partial charge in [0.05, 0.1) is 12.1 Å². The van der Waals surface area contributed by atoms with E-state index in [2.05, 4.69) is 26.6 Å². The Balaban J connectivity index is 1.25. The number of fused-ring (bicyclic) bond motifs is 1. The maximum Gasteiger partial charge on any atom is 0.326 e. The van der Waals surface area contributed by atoms with Crippen molar-refractivity contribution in [3.63, 3.8) is 0 Å². The van der Waals surface area contributed by atoms with Crippen molar-refractivity contribution in [2.75, 3.05) is 24.7 Å². The third kappa shape index (κ3) is 8.05. The van der Waals surface area contributed by atoms with Gasteiger partial charge in [-0.3, -0.25) is 9.59 Å². The normalized spacial score (nSPS) is 21.4. The fourth-order valence-corrected chi connectivity index (χ4v) is 5.89. The topological polar surface area (TPSA) is 149 Å². The van der Waals surface area contributed by atoms with Crippen molar-refractivity contribution in [3.05, 3.63) is 29.8 Å². The number of carboxylic acid groups (broad SMARTS) is 1. The van der Waals surface area contributed by atoms with E-state index in [0.29, 0.717) is 36.6 Å². The Hall–Kier alpha value is -2.95. The predicted octanol–water partition coefficient (Wildman–Crippen LogP) is 1.92. The average molecular weight is 506 g/mol. The predicted molar refractivity (Wildman–Crippen MR) is 136 cm³/mol. The van der Waals surface area contributed by atoms with Gasteiger partial charge in [-0.25, -0.2) is 9.59 Å². The number of hydrogen-bond acceptors (Lipinski definition) is 6. The second-order valence-electron chi connectivity index (χ2n) is 8.91. The number of carboxylic acids is 1. The molecule has 4 amide bonds. The van der Waals surface area contributed by atoms with Gasteiger partial charge in [-0.2, -0.15) is 11.8 Å². The number of anilines is 1. The molecule has 1 aromatic rings. The van der Waals surface area contributed by atoms with E-state index >= 15 is 0 Å². The highest BCUT2D eigenvalue weighted by atomic mass is 32.2. The van der Waals surface area contributed by atoms with Gasteiger partial charge in [0.25, 0.3) is 5.91 Å². The zero-order valence-corrected chi connectivity index (χ0v) is 20.8. The molecule has 2 saturated heterocycles. The van der Waals surface area contributed by atoms with E-state index in [1.54, 1.807) is 31.3 Å². The number of nitrogens with one attached hydrogen (secondary N) is 5. The molecule has 0 aromatic heterocycles. The molecule has 4 atom stereocenters. The van der Waals surface area contributed by atoms with E-state index in [9.17, 15) is 24.3 Å². The zero-order chi connectivity index (χ0) is 25.2. The summed E-state index contributed by atoms with van der Waals surface area (Å²) in [7, 11) is 1.78. The molecule has 0 bridgehead atoms. The van der Waals surface area contributed by atoms with Gasteiger partial charge in [0.2, 0.25) is 5.91 Å². The first kappa shape index (κ1) is 26.7. The minimum Gasteiger partial charge on any atom is -0.480 e. The Morgan fingerprint density at radius 3 is 2.60 bits per heavy atom. The summed E-state index contributed by atoms with van der Waals surface area (Å²) in [6, 6.07) is 6.15. The SMILES string of the molecule is CNc1ccc(C(=O)NC(CCCCNC(=O)CCCCC2SC[C@@H]3NC(=O)N[C@H]23)C(=O)O)cc1. The summed E-state index contributed by atoms with van der Waals surface area (Å²) in [5.41, 5.74) is 1.26. The lowest BCUT2D eigenvalue weighted by molar-refractivity contribution is -0.139. The van der Waals surface area contributed by atoms with Gasteiger partial charge in [-0.05, 0) is 56.4 Å². The van der Waals surface area contributed by atoms with Crippen molar-refractivity contribution in [1.82, 2.24) is 21.3 Å². The minimum atomic E-state index is -1.08. The molecule has 0 radical (unpaired) electrons. The van der Waals surface area contributed by atoms with Crippen molar-refractivity contribution < 1.29 is 24.3 Å². The van der Waals surface area contributed by atoms with Gasteiger partial charge >= 0.3 is 12.0 Å². The van der Waals surface area contributed by atoms with Crippen LogP contribution in [0, 0.1) is 0 Å². The molecule has 0 saturated carbocycles. The Morgan fingerprint density at radius 1 is 1.11 bits per heavy atom. The van der Waals surface area contributed by atoms with Crippen LogP contribution in [-0.4, -0.2) is 71.6 Å². The number of carbonyl (C=O) groups excluding carboxylic acids is 3. The quantitative estimate of drug-likeness (QED) is 0.167. The number of urea groups is 1. The van der Waals surface area contributed by atoms with Crippen molar-refractivity contribution in [3.8, 4) is 0 Å². The number of unbranched alkanes of at least 4 members (excludes halogenated alkanes) is 2. The molecule has 192 valence electrons. The molecule has 1 aromatic carbocycles. The Labute approximate surface area is 209 Å². The molecule has 3 rings (SSSR count). The van der Waals surface area contributed by atoms with Crippen LogP contribution >= 0.6 is 11.8 Å². The molecule has 10 nitrogen and oxygen atoms in total. The maximum absolute atomic E-state index is 12.3. The second-order valence-corrected chi connectivity index (χ2v) is 10.2. The fraction of sp³-hybridized carbons (Fsp3) is 0.583. The number of amides is 4. The standard InChI is InChI=1S/C24H35N5O5S/c1-25-16-11-9-15(10-12-16)22(31)27-17(23(32)33)6-4-5-13-26-20(30)8-3-2-7-19-21-18(14-35-19)28-24(34)29-21/h9-12,17-19,21,25H,2-8,13-14H2,1H3,(H,26,30)(H,27,31)(H,32,33)(H2,28,29,34)/t17?,18-,19?,21-/m0/s1. The van der Waals surface area contributed by atoms with Gasteiger partial charge in [-0.1, -0.05) is 6.42 Å². The number of hydrogen-bond donors (Lipinski definition) is 6. The molecule has 2 heterocycles. The van der Waals surface area contributed by atoms with Crippen molar-refractivity contribution in [2.24, 2.45) is 0 Å². The molecular weight excluding hydrogens is 470 g/mol. The highest BCUT2D eigenvalue weighted by Crippen LogP contribution is 2.33. The van der Waals surface area contributed by atoms with Crippen LogP contribution in [0.15, 0.2) is 24.3 Å². The van der Waals surface area contributed by atoms with E-state index in [-0.39, 0.29) is 30.4 Å². The van der Waals surface area contributed by atoms with Crippen molar-refractivity contribution in [2.45, 2.75) is 68.3 Å². The van der Waals surface area contributed by atoms with Crippen LogP contribution in [0.2, 0.25) is 0 Å². The highest BCUT2D eigenvalue weighted by molar-refractivity contribution is 8.00. The number of rotatable bonds is 14. The number of carbonyl (C=O) groups is 4. The van der Waals surface area contributed by atoms with E-state index < -0.39 is 17.9 Å². The van der Waals surface area contributed by atoms with Gasteiger partial charge in [0, 0.05) is 42.3 Å². The number of benzene rings is 1. The van der Waals surface area contributed by atoms with Crippen LogP contribution in [-0.2, 0) is 9.59 Å². The van der Waals surface area contributed by atoms with Crippen LogP contribution in [0.3, 0.4) is 0 Å². The second kappa shape index (κ2) is 13.2. The van der Waals surface area contributed by atoms with Gasteiger partial charge in [0.15, 0.2) is 0 Å². The van der Waals surface area contributed by atoms with Gasteiger partial charge in [0.1, 0.15) is 6.04 Å². The summed E-state index contributed by atoms with van der Waals surface area (Å²) in [5.74, 6) is -0.573.